The SMILES string of the molecule is CC1(C)c2cc(-c3ccccc3)c(N(c3ccc(-c4ccccc4)cc3)c3ccc(-c4ccccc4)cc3)cc2C(C)(C)C1(C)C. The largest absolute Gasteiger partial charge is 0.310 e. The van der Waals surface area contributed by atoms with Gasteiger partial charge in [0.05, 0.1) is 5.69 Å². The number of fused-ring (bicyclic) bond motifs is 1. The van der Waals surface area contributed by atoms with Crippen molar-refractivity contribution < 1.29 is 0 Å². The Kier molecular flexibility index (Phi) is 7.24. The van der Waals surface area contributed by atoms with Crippen molar-refractivity contribution in [2.45, 2.75) is 52.4 Å². The van der Waals surface area contributed by atoms with Gasteiger partial charge in [-0.05, 0) is 91.6 Å². The minimum atomic E-state index is -0.0181. The molecule has 0 saturated heterocycles. The van der Waals surface area contributed by atoms with Gasteiger partial charge in [0.15, 0.2) is 0 Å². The molecular formula is C45H43N. The van der Waals surface area contributed by atoms with Gasteiger partial charge in [-0.3, -0.25) is 0 Å². The van der Waals surface area contributed by atoms with E-state index in [-0.39, 0.29) is 16.2 Å². The van der Waals surface area contributed by atoms with Gasteiger partial charge in [0.1, 0.15) is 0 Å². The average molecular weight is 598 g/mol. The summed E-state index contributed by atoms with van der Waals surface area (Å²) < 4.78 is 0. The first-order valence-corrected chi connectivity index (χ1v) is 16.5. The molecule has 1 heteroatoms. The van der Waals surface area contributed by atoms with Crippen LogP contribution in [0.3, 0.4) is 0 Å². The van der Waals surface area contributed by atoms with Gasteiger partial charge in [0, 0.05) is 16.9 Å². The summed E-state index contributed by atoms with van der Waals surface area (Å²) in [7, 11) is 0. The summed E-state index contributed by atoms with van der Waals surface area (Å²) in [6.45, 7) is 14.6. The van der Waals surface area contributed by atoms with E-state index in [1.165, 1.54) is 50.2 Å². The second-order valence-corrected chi connectivity index (χ2v) is 14.3. The molecule has 0 aliphatic heterocycles. The molecule has 1 nitrogen and oxygen atoms in total. The Bertz CT molecular complexity index is 1880. The minimum absolute atomic E-state index is 0.00733. The lowest BCUT2D eigenvalue weighted by molar-refractivity contribution is 0.125. The number of nitrogens with zero attached hydrogens (tertiary/aromatic N) is 1. The van der Waals surface area contributed by atoms with Crippen molar-refractivity contribution in [2.75, 3.05) is 4.90 Å². The molecule has 0 saturated carbocycles. The fraction of sp³-hybridized carbons (Fsp3) is 0.200. The van der Waals surface area contributed by atoms with E-state index >= 15 is 0 Å². The van der Waals surface area contributed by atoms with Gasteiger partial charge in [-0.25, -0.2) is 0 Å². The maximum atomic E-state index is 2.50. The Morgan fingerprint density at radius 1 is 0.370 bits per heavy atom. The van der Waals surface area contributed by atoms with Gasteiger partial charge < -0.3 is 4.90 Å². The second kappa shape index (κ2) is 11.2. The van der Waals surface area contributed by atoms with E-state index in [1.807, 2.05) is 0 Å². The van der Waals surface area contributed by atoms with Crippen LogP contribution in [0.1, 0.15) is 52.7 Å². The fourth-order valence-corrected chi connectivity index (χ4v) is 7.41. The highest BCUT2D eigenvalue weighted by Gasteiger charge is 2.57. The first kappa shape index (κ1) is 29.8. The molecule has 0 unspecified atom stereocenters. The lowest BCUT2D eigenvalue weighted by atomic mass is 9.59. The number of rotatable bonds is 6. The maximum absolute atomic E-state index is 2.50. The van der Waals surface area contributed by atoms with Crippen LogP contribution in [0.15, 0.2) is 152 Å². The molecule has 0 atom stereocenters. The van der Waals surface area contributed by atoms with Crippen LogP contribution < -0.4 is 4.90 Å². The van der Waals surface area contributed by atoms with Crippen LogP contribution in [-0.4, -0.2) is 0 Å². The molecule has 0 radical (unpaired) electrons. The molecular weight excluding hydrogens is 555 g/mol. The summed E-state index contributed by atoms with van der Waals surface area (Å²) in [4.78, 5) is 2.46. The van der Waals surface area contributed by atoms with Crippen LogP contribution in [0.2, 0.25) is 0 Å². The first-order valence-electron chi connectivity index (χ1n) is 16.5. The van der Waals surface area contributed by atoms with Crippen molar-refractivity contribution >= 4 is 17.1 Å². The molecule has 0 aromatic heterocycles. The van der Waals surface area contributed by atoms with Crippen molar-refractivity contribution in [3.8, 4) is 33.4 Å². The lowest BCUT2D eigenvalue weighted by Crippen LogP contribution is -2.42. The van der Waals surface area contributed by atoms with Crippen LogP contribution in [0.5, 0.6) is 0 Å². The zero-order valence-corrected chi connectivity index (χ0v) is 27.9. The molecule has 228 valence electrons. The Labute approximate surface area is 275 Å². The molecule has 0 spiro atoms. The number of hydrogen-bond donors (Lipinski definition) is 0. The minimum Gasteiger partial charge on any atom is -0.310 e. The second-order valence-electron chi connectivity index (χ2n) is 14.3. The van der Waals surface area contributed by atoms with Crippen molar-refractivity contribution in [1.29, 1.82) is 0 Å². The molecule has 0 bridgehead atoms. The lowest BCUT2D eigenvalue weighted by Gasteiger charge is -2.44. The quantitative estimate of drug-likeness (QED) is 0.185. The number of hydrogen-bond acceptors (Lipinski definition) is 1. The summed E-state index contributed by atoms with van der Waals surface area (Å²) in [5.41, 5.74) is 13.8. The molecule has 0 fully saturated rings. The van der Waals surface area contributed by atoms with Crippen LogP contribution in [0, 0.1) is 5.41 Å². The van der Waals surface area contributed by atoms with Crippen LogP contribution in [0.25, 0.3) is 33.4 Å². The standard InChI is InChI=1S/C45H43N/c1-43(2)40-30-39(36-20-14-9-15-21-36)42(31-41(40)44(3,4)45(43,5)6)46(37-26-22-34(23-27-37)32-16-10-7-11-17-32)38-28-24-35(25-29-38)33-18-12-8-13-19-33/h7-31H,1-6H3. The van der Waals surface area contributed by atoms with Gasteiger partial charge in [-0.2, -0.15) is 0 Å². The van der Waals surface area contributed by atoms with Crippen molar-refractivity contribution in [3.05, 3.63) is 163 Å². The molecule has 46 heavy (non-hydrogen) atoms. The fourth-order valence-electron chi connectivity index (χ4n) is 7.41. The van der Waals surface area contributed by atoms with Gasteiger partial charge in [0.2, 0.25) is 0 Å². The van der Waals surface area contributed by atoms with Gasteiger partial charge in [0.25, 0.3) is 0 Å². The predicted octanol–water partition coefficient (Wildman–Crippen LogP) is 12.8. The third kappa shape index (κ3) is 4.77. The Balaban J connectivity index is 1.47. The van der Waals surface area contributed by atoms with E-state index in [1.54, 1.807) is 0 Å². The van der Waals surface area contributed by atoms with E-state index in [0.29, 0.717) is 0 Å². The third-order valence-corrected chi connectivity index (χ3v) is 11.4. The molecule has 1 aliphatic rings. The van der Waals surface area contributed by atoms with E-state index in [9.17, 15) is 0 Å². The summed E-state index contributed by atoms with van der Waals surface area (Å²) in [5.74, 6) is 0. The third-order valence-electron chi connectivity index (χ3n) is 11.4. The summed E-state index contributed by atoms with van der Waals surface area (Å²) in [6.07, 6.45) is 0. The molecule has 1 aliphatic carbocycles. The normalized spacial score (nSPS) is 15.7. The average Bonchev–Trinajstić information content (AvgIpc) is 3.19. The number of anilines is 3. The summed E-state index contributed by atoms with van der Waals surface area (Å²) >= 11 is 0. The summed E-state index contributed by atoms with van der Waals surface area (Å²) in [5, 5.41) is 0. The van der Waals surface area contributed by atoms with E-state index in [2.05, 4.69) is 198 Å². The monoisotopic (exact) mass is 597 g/mol. The van der Waals surface area contributed by atoms with Crippen molar-refractivity contribution in [2.24, 2.45) is 5.41 Å². The maximum Gasteiger partial charge on any atom is 0.0543 e. The van der Waals surface area contributed by atoms with Gasteiger partial charge in [-0.1, -0.05) is 157 Å². The molecule has 0 amide bonds. The van der Waals surface area contributed by atoms with Crippen molar-refractivity contribution in [3.63, 3.8) is 0 Å². The molecule has 6 aromatic carbocycles. The number of benzene rings is 6. The molecule has 0 heterocycles. The Morgan fingerprint density at radius 2 is 0.717 bits per heavy atom. The van der Waals surface area contributed by atoms with Crippen molar-refractivity contribution in [1.82, 2.24) is 0 Å². The van der Waals surface area contributed by atoms with Gasteiger partial charge >= 0.3 is 0 Å². The zero-order valence-electron chi connectivity index (χ0n) is 27.9. The Hall–Kier alpha value is -4.88. The summed E-state index contributed by atoms with van der Waals surface area (Å²) in [6, 6.07) is 55.3. The highest BCUT2D eigenvalue weighted by atomic mass is 15.1. The smallest absolute Gasteiger partial charge is 0.0543 e. The Morgan fingerprint density at radius 3 is 1.13 bits per heavy atom. The van der Waals surface area contributed by atoms with E-state index in [0.717, 1.165) is 11.4 Å². The molecule has 6 aromatic rings. The highest BCUT2D eigenvalue weighted by Crippen LogP contribution is 2.63. The van der Waals surface area contributed by atoms with E-state index < -0.39 is 0 Å². The van der Waals surface area contributed by atoms with Crippen LogP contribution >= 0.6 is 0 Å². The predicted molar refractivity (Wildman–Crippen MR) is 197 cm³/mol. The van der Waals surface area contributed by atoms with Gasteiger partial charge in [-0.15, -0.1) is 0 Å². The van der Waals surface area contributed by atoms with Crippen LogP contribution in [-0.2, 0) is 10.8 Å². The first-order chi connectivity index (χ1) is 22.1. The van der Waals surface area contributed by atoms with E-state index in [4.69, 9.17) is 0 Å². The molecule has 7 rings (SSSR count). The highest BCUT2D eigenvalue weighted by molar-refractivity contribution is 5.90. The zero-order chi connectivity index (χ0) is 32.1. The topological polar surface area (TPSA) is 3.24 Å². The van der Waals surface area contributed by atoms with Crippen LogP contribution in [0.4, 0.5) is 17.1 Å². The molecule has 0 N–H and O–H groups in total.